The highest BCUT2D eigenvalue weighted by Crippen LogP contribution is 2.19. The second kappa shape index (κ2) is 6.01. The normalized spacial score (nSPS) is 10.9. The van der Waals surface area contributed by atoms with Gasteiger partial charge in [0.2, 0.25) is 0 Å². The Morgan fingerprint density at radius 1 is 1.42 bits per heavy atom. The molecule has 0 aromatic heterocycles. The third-order valence-electron chi connectivity index (χ3n) is 2.45. The van der Waals surface area contributed by atoms with Crippen molar-refractivity contribution in [3.63, 3.8) is 0 Å². The number of benzene rings is 1. The zero-order chi connectivity index (χ0) is 14.6. The fourth-order valence-corrected chi connectivity index (χ4v) is 1.37. The summed E-state index contributed by atoms with van der Waals surface area (Å²) in [5, 5.41) is 13.7. The minimum absolute atomic E-state index is 0.0345. The van der Waals surface area contributed by atoms with Crippen LogP contribution in [0, 0.1) is 11.2 Å². The number of amides is 2. The summed E-state index contributed by atoms with van der Waals surface area (Å²) in [5.41, 5.74) is -0.784. The van der Waals surface area contributed by atoms with Crippen LogP contribution in [0.1, 0.15) is 13.8 Å². The summed E-state index contributed by atoms with van der Waals surface area (Å²) in [4.78, 5) is 22.4. The molecule has 0 atom stereocenters. The highest BCUT2D eigenvalue weighted by Gasteiger charge is 2.27. The Bertz CT molecular complexity index is 506. The second-order valence-corrected chi connectivity index (χ2v) is 5.48. The molecule has 0 unspecified atom stereocenters. The smallest absolute Gasteiger partial charge is 0.319 e. The quantitative estimate of drug-likeness (QED) is 0.793. The van der Waals surface area contributed by atoms with E-state index in [0.717, 1.165) is 6.07 Å². The first-order valence-electron chi connectivity index (χ1n) is 5.45. The number of urea groups is 1. The number of halogens is 2. The topological polar surface area (TPSA) is 78.4 Å². The van der Waals surface area contributed by atoms with E-state index in [1.165, 1.54) is 26.0 Å². The molecule has 0 fully saturated rings. The van der Waals surface area contributed by atoms with Crippen LogP contribution in [0.2, 0.25) is 0 Å². The lowest BCUT2D eigenvalue weighted by atomic mass is 9.94. The molecule has 1 aromatic rings. The number of carboxylic acids is 1. The second-order valence-electron chi connectivity index (χ2n) is 4.63. The predicted molar refractivity (Wildman–Crippen MR) is 72.5 cm³/mol. The maximum absolute atomic E-state index is 13.2. The van der Waals surface area contributed by atoms with E-state index < -0.39 is 23.2 Å². The van der Waals surface area contributed by atoms with Gasteiger partial charge in [-0.15, -0.1) is 0 Å². The zero-order valence-corrected chi connectivity index (χ0v) is 12.0. The van der Waals surface area contributed by atoms with Gasteiger partial charge < -0.3 is 15.7 Å². The number of nitrogens with one attached hydrogen (secondary N) is 2. The van der Waals surface area contributed by atoms with Gasteiger partial charge in [0.1, 0.15) is 5.82 Å². The summed E-state index contributed by atoms with van der Waals surface area (Å²) in [5.74, 6) is -1.51. The Morgan fingerprint density at radius 2 is 2.05 bits per heavy atom. The molecule has 0 aliphatic carbocycles. The fraction of sp³-hybridized carbons (Fsp3) is 0.333. The minimum atomic E-state index is -1.07. The molecule has 0 saturated carbocycles. The maximum Gasteiger partial charge on any atom is 0.319 e. The average molecular weight is 333 g/mol. The van der Waals surface area contributed by atoms with Crippen molar-refractivity contribution in [2.45, 2.75) is 13.8 Å². The van der Waals surface area contributed by atoms with Crippen molar-refractivity contribution in [2.75, 3.05) is 11.9 Å². The lowest BCUT2D eigenvalue weighted by Crippen LogP contribution is -2.40. The van der Waals surface area contributed by atoms with Gasteiger partial charge in [0, 0.05) is 12.2 Å². The van der Waals surface area contributed by atoms with Gasteiger partial charge in [-0.1, -0.05) is 0 Å². The Balaban J connectivity index is 2.56. The van der Waals surface area contributed by atoms with E-state index in [9.17, 15) is 14.0 Å². The lowest BCUT2D eigenvalue weighted by molar-refractivity contribution is -0.146. The number of carbonyl (C=O) groups excluding carboxylic acids is 1. The number of carboxylic acid groups (broad SMARTS) is 1. The van der Waals surface area contributed by atoms with Gasteiger partial charge in [-0.25, -0.2) is 9.18 Å². The summed E-state index contributed by atoms with van der Waals surface area (Å²) in [6.07, 6.45) is 0. The number of hydrogen-bond donors (Lipinski definition) is 3. The molecule has 0 bridgehead atoms. The molecular formula is C12H14BrFN2O3. The summed E-state index contributed by atoms with van der Waals surface area (Å²) in [6.45, 7) is 2.96. The van der Waals surface area contributed by atoms with Crippen LogP contribution < -0.4 is 10.6 Å². The lowest BCUT2D eigenvalue weighted by Gasteiger charge is -2.19. The Kier molecular flexibility index (Phi) is 4.88. The van der Waals surface area contributed by atoms with Crippen molar-refractivity contribution < 1.29 is 19.1 Å². The van der Waals surface area contributed by atoms with E-state index in [1.54, 1.807) is 0 Å². The number of carbonyl (C=O) groups is 2. The molecule has 3 N–H and O–H groups in total. The molecule has 1 rings (SSSR count). The van der Waals surface area contributed by atoms with Gasteiger partial charge in [-0.3, -0.25) is 4.79 Å². The molecular weight excluding hydrogens is 319 g/mol. The van der Waals surface area contributed by atoms with Crippen molar-refractivity contribution in [1.82, 2.24) is 5.32 Å². The van der Waals surface area contributed by atoms with Crippen LogP contribution in [0.4, 0.5) is 14.9 Å². The number of aliphatic carboxylic acids is 1. The van der Waals surface area contributed by atoms with Gasteiger partial charge in [0.15, 0.2) is 0 Å². The van der Waals surface area contributed by atoms with E-state index in [-0.39, 0.29) is 12.2 Å². The molecule has 0 radical (unpaired) electrons. The van der Waals surface area contributed by atoms with Crippen LogP contribution in [0.15, 0.2) is 22.7 Å². The maximum atomic E-state index is 13.2. The molecule has 0 aliphatic rings. The Morgan fingerprint density at radius 3 is 2.58 bits per heavy atom. The van der Waals surface area contributed by atoms with Crippen LogP contribution in [0.25, 0.3) is 0 Å². The predicted octanol–water partition coefficient (Wildman–Crippen LogP) is 2.82. The van der Waals surface area contributed by atoms with Gasteiger partial charge in [0.05, 0.1) is 9.89 Å². The molecule has 5 nitrogen and oxygen atoms in total. The van der Waals surface area contributed by atoms with E-state index in [4.69, 9.17) is 5.11 Å². The molecule has 0 saturated heterocycles. The minimum Gasteiger partial charge on any atom is -0.481 e. The summed E-state index contributed by atoms with van der Waals surface area (Å²) < 4.78 is 13.5. The summed E-state index contributed by atoms with van der Waals surface area (Å²) in [7, 11) is 0. The van der Waals surface area contributed by atoms with Gasteiger partial charge in [0.25, 0.3) is 0 Å². The molecule has 0 aliphatic heterocycles. The summed E-state index contributed by atoms with van der Waals surface area (Å²) in [6, 6.07) is 3.56. The van der Waals surface area contributed by atoms with Crippen LogP contribution in [-0.2, 0) is 4.79 Å². The van der Waals surface area contributed by atoms with E-state index >= 15 is 0 Å². The standard InChI is InChI=1S/C12H14BrFN2O3/c1-12(2,10(17)18)6-15-11(19)16-7-3-4-8(13)9(14)5-7/h3-5H,6H2,1-2H3,(H,17,18)(H2,15,16,19). The Hall–Kier alpha value is -1.63. The first-order chi connectivity index (χ1) is 8.72. The highest BCUT2D eigenvalue weighted by atomic mass is 79.9. The van der Waals surface area contributed by atoms with Crippen molar-refractivity contribution in [3.8, 4) is 0 Å². The zero-order valence-electron chi connectivity index (χ0n) is 10.5. The fourth-order valence-electron chi connectivity index (χ4n) is 1.13. The van der Waals surface area contributed by atoms with Gasteiger partial charge >= 0.3 is 12.0 Å². The highest BCUT2D eigenvalue weighted by molar-refractivity contribution is 9.10. The Labute approximate surface area is 118 Å². The van der Waals surface area contributed by atoms with Crippen LogP contribution in [0.3, 0.4) is 0 Å². The molecule has 1 aromatic carbocycles. The van der Waals surface area contributed by atoms with E-state index in [1.807, 2.05) is 0 Å². The van der Waals surface area contributed by atoms with Gasteiger partial charge in [-0.05, 0) is 48.0 Å². The van der Waals surface area contributed by atoms with Crippen molar-refractivity contribution >= 4 is 33.6 Å². The SMILES string of the molecule is CC(C)(CNC(=O)Nc1ccc(Br)c(F)c1)C(=O)O. The van der Waals surface area contributed by atoms with Crippen LogP contribution in [0.5, 0.6) is 0 Å². The molecule has 0 spiro atoms. The van der Waals surface area contributed by atoms with Crippen LogP contribution >= 0.6 is 15.9 Å². The van der Waals surface area contributed by atoms with Crippen LogP contribution in [-0.4, -0.2) is 23.7 Å². The summed E-state index contributed by atoms with van der Waals surface area (Å²) >= 11 is 3.00. The number of anilines is 1. The average Bonchev–Trinajstić information content (AvgIpc) is 2.31. The molecule has 0 heterocycles. The molecule has 2 amide bonds. The van der Waals surface area contributed by atoms with Crippen molar-refractivity contribution in [1.29, 1.82) is 0 Å². The number of rotatable bonds is 4. The largest absolute Gasteiger partial charge is 0.481 e. The van der Waals surface area contributed by atoms with E-state index in [0.29, 0.717) is 4.47 Å². The van der Waals surface area contributed by atoms with Crippen molar-refractivity contribution in [3.05, 3.63) is 28.5 Å². The van der Waals surface area contributed by atoms with E-state index in [2.05, 4.69) is 26.6 Å². The monoisotopic (exact) mass is 332 g/mol. The molecule has 104 valence electrons. The number of hydrogen-bond acceptors (Lipinski definition) is 2. The molecule has 19 heavy (non-hydrogen) atoms. The van der Waals surface area contributed by atoms with Gasteiger partial charge in [-0.2, -0.15) is 0 Å². The first kappa shape index (κ1) is 15.4. The first-order valence-corrected chi connectivity index (χ1v) is 6.25. The third kappa shape index (κ3) is 4.51. The van der Waals surface area contributed by atoms with Crippen molar-refractivity contribution in [2.24, 2.45) is 5.41 Å². The molecule has 7 heteroatoms. The third-order valence-corrected chi connectivity index (χ3v) is 3.09.